The van der Waals surface area contributed by atoms with E-state index < -0.39 is 35.8 Å². The predicted molar refractivity (Wildman–Crippen MR) is 123 cm³/mol. The maximum absolute atomic E-state index is 13.5. The van der Waals surface area contributed by atoms with Gasteiger partial charge in [0.1, 0.15) is 0 Å². The number of nitrogens with one attached hydrogen (secondary N) is 2. The molecule has 0 saturated carbocycles. The van der Waals surface area contributed by atoms with Gasteiger partial charge in [-0.2, -0.15) is 5.01 Å². The fraction of sp³-hybridized carbons (Fsp3) is 0.348. The van der Waals surface area contributed by atoms with Crippen molar-refractivity contribution in [3.8, 4) is 0 Å². The number of para-hydroxylation sites is 1. The molecule has 2 aromatic rings. The molecule has 1 heterocycles. The molecule has 0 aromatic heterocycles. The summed E-state index contributed by atoms with van der Waals surface area (Å²) in [7, 11) is 0. The van der Waals surface area contributed by atoms with Crippen molar-refractivity contribution < 1.29 is 23.9 Å². The van der Waals surface area contributed by atoms with Crippen molar-refractivity contribution in [2.75, 3.05) is 5.32 Å². The zero-order valence-electron chi connectivity index (χ0n) is 18.3. The fourth-order valence-corrected chi connectivity index (χ4v) is 3.82. The van der Waals surface area contributed by atoms with Gasteiger partial charge in [-0.05, 0) is 51.5 Å². The number of nitrogens with zero attached hydrogens (tertiary/aromatic N) is 1. The number of carbonyl (C=O) groups excluding carboxylic acids is 3. The summed E-state index contributed by atoms with van der Waals surface area (Å²) in [6.07, 6.45) is -2.54. The SMILES string of the molecule is CC(C)OC(=O)NN(C(=O)OC(C)C)[C@]1(Cc2ccc(Br)cc2)C(=O)Nc2ccccc21. The molecule has 9 heteroatoms. The molecule has 8 nitrogen and oxygen atoms in total. The zero-order chi connectivity index (χ0) is 23.5. The van der Waals surface area contributed by atoms with E-state index >= 15 is 0 Å². The first-order chi connectivity index (χ1) is 15.1. The van der Waals surface area contributed by atoms with Gasteiger partial charge in [0.05, 0.1) is 12.2 Å². The van der Waals surface area contributed by atoms with E-state index in [0.717, 1.165) is 15.0 Å². The van der Waals surface area contributed by atoms with Crippen molar-refractivity contribution in [2.45, 2.75) is 51.9 Å². The van der Waals surface area contributed by atoms with Gasteiger partial charge in [0.2, 0.25) is 0 Å². The molecule has 0 bridgehead atoms. The Balaban J connectivity index is 2.15. The molecule has 1 aliphatic rings. The molecule has 3 amide bonds. The van der Waals surface area contributed by atoms with Crippen LogP contribution in [-0.2, 0) is 26.2 Å². The maximum atomic E-state index is 13.5. The Labute approximate surface area is 195 Å². The summed E-state index contributed by atoms with van der Waals surface area (Å²) >= 11 is 3.41. The normalized spacial score (nSPS) is 17.0. The minimum Gasteiger partial charge on any atom is -0.446 e. The molecule has 32 heavy (non-hydrogen) atoms. The van der Waals surface area contributed by atoms with Crippen LogP contribution >= 0.6 is 15.9 Å². The standard InChI is InChI=1S/C23H26BrN3O5/c1-14(2)31-21(29)26-27(22(30)32-15(3)4)23(13-16-9-11-17(24)12-10-16)18-7-5-6-8-19(18)25-20(23)28/h5-12,14-15H,13H2,1-4H3,(H,25,28)(H,26,29)/t23-/m0/s1. The van der Waals surface area contributed by atoms with Gasteiger partial charge in [0.15, 0.2) is 5.54 Å². The van der Waals surface area contributed by atoms with Crippen LogP contribution in [0.4, 0.5) is 15.3 Å². The largest absolute Gasteiger partial charge is 0.446 e. The van der Waals surface area contributed by atoms with E-state index in [2.05, 4.69) is 26.7 Å². The molecule has 1 aliphatic heterocycles. The van der Waals surface area contributed by atoms with Crippen molar-refractivity contribution in [1.29, 1.82) is 0 Å². The molecule has 170 valence electrons. The molecule has 0 unspecified atom stereocenters. The lowest BCUT2D eigenvalue weighted by molar-refractivity contribution is -0.129. The van der Waals surface area contributed by atoms with E-state index in [-0.39, 0.29) is 6.42 Å². The van der Waals surface area contributed by atoms with Gasteiger partial charge in [-0.1, -0.05) is 46.3 Å². The van der Waals surface area contributed by atoms with Gasteiger partial charge < -0.3 is 14.8 Å². The lowest BCUT2D eigenvalue weighted by Gasteiger charge is -2.38. The van der Waals surface area contributed by atoms with E-state index in [9.17, 15) is 14.4 Å². The van der Waals surface area contributed by atoms with E-state index in [1.165, 1.54) is 0 Å². The van der Waals surface area contributed by atoms with Crippen LogP contribution in [0.25, 0.3) is 0 Å². The van der Waals surface area contributed by atoms with Crippen molar-refractivity contribution >= 4 is 39.7 Å². The van der Waals surface area contributed by atoms with Crippen LogP contribution in [0.15, 0.2) is 53.0 Å². The van der Waals surface area contributed by atoms with E-state index in [4.69, 9.17) is 9.47 Å². The van der Waals surface area contributed by atoms with Crippen LogP contribution in [-0.4, -0.2) is 35.3 Å². The average Bonchev–Trinajstić information content (AvgIpc) is 2.99. The van der Waals surface area contributed by atoms with Crippen molar-refractivity contribution in [3.05, 3.63) is 64.1 Å². The number of hydrogen-bond donors (Lipinski definition) is 2. The van der Waals surface area contributed by atoms with Gasteiger partial charge in [-0.15, -0.1) is 0 Å². The van der Waals surface area contributed by atoms with Crippen LogP contribution < -0.4 is 10.7 Å². The molecule has 3 rings (SSSR count). The molecule has 0 aliphatic carbocycles. The summed E-state index contributed by atoms with van der Waals surface area (Å²) in [5, 5.41) is 3.78. The predicted octanol–water partition coefficient (Wildman–Crippen LogP) is 4.74. The number of hydrogen-bond acceptors (Lipinski definition) is 5. The maximum Gasteiger partial charge on any atom is 0.430 e. The topological polar surface area (TPSA) is 97.0 Å². The van der Waals surface area contributed by atoms with Crippen LogP contribution in [0.2, 0.25) is 0 Å². The highest BCUT2D eigenvalue weighted by molar-refractivity contribution is 9.10. The highest BCUT2D eigenvalue weighted by Gasteiger charge is 2.55. The van der Waals surface area contributed by atoms with E-state index in [1.807, 2.05) is 24.3 Å². The minimum absolute atomic E-state index is 0.0955. The molecular formula is C23H26BrN3O5. The lowest BCUT2D eigenvalue weighted by Crippen LogP contribution is -2.62. The lowest BCUT2D eigenvalue weighted by atomic mass is 9.84. The summed E-state index contributed by atoms with van der Waals surface area (Å²) in [6, 6.07) is 14.4. The number of benzene rings is 2. The fourth-order valence-electron chi connectivity index (χ4n) is 3.56. The summed E-state index contributed by atoms with van der Waals surface area (Å²) in [5.74, 6) is -0.466. The molecule has 0 radical (unpaired) electrons. The number of fused-ring (bicyclic) bond motifs is 1. The van der Waals surface area contributed by atoms with Crippen molar-refractivity contribution in [3.63, 3.8) is 0 Å². The first-order valence-corrected chi connectivity index (χ1v) is 11.1. The molecular weight excluding hydrogens is 478 g/mol. The molecule has 1 atom stereocenters. The third-order valence-electron chi connectivity index (χ3n) is 4.82. The van der Waals surface area contributed by atoms with Gasteiger partial charge in [-0.3, -0.25) is 4.79 Å². The number of ether oxygens (including phenoxy) is 2. The average molecular weight is 504 g/mol. The van der Waals surface area contributed by atoms with E-state index in [1.54, 1.807) is 52.0 Å². The molecule has 0 spiro atoms. The Kier molecular flexibility index (Phi) is 7.08. The highest BCUT2D eigenvalue weighted by Crippen LogP contribution is 2.42. The summed E-state index contributed by atoms with van der Waals surface area (Å²) in [5.41, 5.74) is 2.75. The second-order valence-electron chi connectivity index (χ2n) is 8.00. The summed E-state index contributed by atoms with van der Waals surface area (Å²) in [4.78, 5) is 39.3. The Morgan fingerprint density at radius 1 is 1.03 bits per heavy atom. The van der Waals surface area contributed by atoms with Crippen LogP contribution in [0, 0.1) is 0 Å². The summed E-state index contributed by atoms with van der Waals surface area (Å²) in [6.45, 7) is 6.75. The number of rotatable bonds is 5. The second-order valence-corrected chi connectivity index (χ2v) is 8.91. The molecule has 2 aromatic carbocycles. The van der Waals surface area contributed by atoms with E-state index in [0.29, 0.717) is 11.3 Å². The minimum atomic E-state index is -1.59. The summed E-state index contributed by atoms with van der Waals surface area (Å²) < 4.78 is 11.5. The quantitative estimate of drug-likeness (QED) is 0.574. The van der Waals surface area contributed by atoms with Gasteiger partial charge in [0, 0.05) is 22.1 Å². The third-order valence-corrected chi connectivity index (χ3v) is 5.34. The van der Waals surface area contributed by atoms with Crippen molar-refractivity contribution in [2.24, 2.45) is 0 Å². The Morgan fingerprint density at radius 3 is 2.28 bits per heavy atom. The number of anilines is 1. The number of amides is 3. The van der Waals surface area contributed by atoms with Crippen LogP contribution in [0.5, 0.6) is 0 Å². The highest BCUT2D eigenvalue weighted by atomic mass is 79.9. The van der Waals surface area contributed by atoms with Gasteiger partial charge in [-0.25, -0.2) is 15.0 Å². The number of halogens is 1. The van der Waals surface area contributed by atoms with Gasteiger partial charge in [0.25, 0.3) is 5.91 Å². The van der Waals surface area contributed by atoms with Crippen molar-refractivity contribution in [1.82, 2.24) is 10.4 Å². The Hall–Kier alpha value is -3.07. The monoisotopic (exact) mass is 503 g/mol. The third kappa shape index (κ3) is 4.88. The number of hydrazine groups is 1. The Bertz CT molecular complexity index is 1010. The first kappa shape index (κ1) is 23.6. The zero-order valence-corrected chi connectivity index (χ0v) is 19.9. The molecule has 0 fully saturated rings. The Morgan fingerprint density at radius 2 is 1.66 bits per heavy atom. The second kappa shape index (κ2) is 9.60. The number of carbonyl (C=O) groups is 3. The first-order valence-electron chi connectivity index (χ1n) is 10.3. The van der Waals surface area contributed by atoms with Gasteiger partial charge >= 0.3 is 12.2 Å². The smallest absolute Gasteiger partial charge is 0.430 e. The molecule has 2 N–H and O–H groups in total. The van der Waals surface area contributed by atoms with Crippen LogP contribution in [0.1, 0.15) is 38.8 Å². The molecule has 0 saturated heterocycles. The van der Waals surface area contributed by atoms with Crippen LogP contribution in [0.3, 0.4) is 0 Å².